The van der Waals surface area contributed by atoms with Crippen LogP contribution < -0.4 is 18.9 Å². The fourth-order valence-electron chi connectivity index (χ4n) is 8.08. The van der Waals surface area contributed by atoms with E-state index in [1.54, 1.807) is 24.3 Å². The quantitative estimate of drug-likeness (QED) is 0.0702. The molecule has 0 aromatic heterocycles. The zero-order valence-electron chi connectivity index (χ0n) is 33.0. The summed E-state index contributed by atoms with van der Waals surface area (Å²) in [5.41, 5.74) is 2.57. The standard InChI is InChI=1S/C47H50O11/c1-29-4-12-35(13-5-29)54-24-34(49)25-55-38-18-10-32(11-19-38)46(2,3)31-8-16-37(17-9-31)53-23-33(48)22-52-28-47-21-20-40(58-47)42-43(47)45(51)41(44(42)50)30-6-14-36(15-7-30)56-26-39-27-57-39/h4-21,33-34,39-43,48-49H,22-28H2,1-3H3. The highest BCUT2D eigenvalue weighted by molar-refractivity contribution is 6.17. The molecule has 4 aromatic carbocycles. The molecule has 1 aliphatic carbocycles. The van der Waals surface area contributed by atoms with Crippen molar-refractivity contribution in [1.82, 2.24) is 0 Å². The van der Waals surface area contributed by atoms with Crippen molar-refractivity contribution in [3.8, 4) is 23.0 Å². The van der Waals surface area contributed by atoms with Crippen molar-refractivity contribution in [3.05, 3.63) is 131 Å². The normalized spacial score (nSPS) is 25.4. The summed E-state index contributed by atoms with van der Waals surface area (Å²) in [5, 5.41) is 21.1. The Morgan fingerprint density at radius 3 is 1.76 bits per heavy atom. The van der Waals surface area contributed by atoms with Gasteiger partial charge >= 0.3 is 0 Å². The summed E-state index contributed by atoms with van der Waals surface area (Å²) in [7, 11) is 0. The molecule has 2 N–H and O–H groups in total. The molecule has 3 fully saturated rings. The lowest BCUT2D eigenvalue weighted by molar-refractivity contribution is -0.132. The third kappa shape index (κ3) is 8.55. The lowest BCUT2D eigenvalue weighted by Gasteiger charge is -2.29. The number of ether oxygens (including phenoxy) is 7. The van der Waals surface area contributed by atoms with Gasteiger partial charge in [0.2, 0.25) is 0 Å². The summed E-state index contributed by atoms with van der Waals surface area (Å²) in [4.78, 5) is 27.4. The summed E-state index contributed by atoms with van der Waals surface area (Å²) >= 11 is 0. The fourth-order valence-corrected chi connectivity index (χ4v) is 8.08. The summed E-state index contributed by atoms with van der Waals surface area (Å²) in [6.07, 6.45) is 1.63. The van der Waals surface area contributed by atoms with E-state index in [4.69, 9.17) is 33.2 Å². The van der Waals surface area contributed by atoms with E-state index >= 15 is 0 Å². The molecule has 4 aromatic rings. The van der Waals surface area contributed by atoms with Crippen molar-refractivity contribution in [2.24, 2.45) is 11.8 Å². The highest BCUT2D eigenvalue weighted by Crippen LogP contribution is 2.55. The Bertz CT molecular complexity index is 2070. The van der Waals surface area contributed by atoms with Crippen molar-refractivity contribution in [3.63, 3.8) is 0 Å². The number of hydrogen-bond acceptors (Lipinski definition) is 11. The molecule has 8 unspecified atom stereocenters. The van der Waals surface area contributed by atoms with E-state index < -0.39 is 41.7 Å². The van der Waals surface area contributed by atoms with Crippen LogP contribution in [0.3, 0.4) is 0 Å². The molecule has 2 bridgehead atoms. The molecule has 1 saturated carbocycles. The number of carbonyl (C=O) groups excluding carboxylic acids is 2. The van der Waals surface area contributed by atoms with E-state index in [2.05, 4.69) is 13.8 Å². The van der Waals surface area contributed by atoms with E-state index in [1.807, 2.05) is 91.9 Å². The first-order valence-electron chi connectivity index (χ1n) is 19.9. The van der Waals surface area contributed by atoms with Gasteiger partial charge in [-0.3, -0.25) is 9.59 Å². The Kier molecular flexibility index (Phi) is 11.4. The number of epoxide rings is 1. The Balaban J connectivity index is 0.781. The number of fused-ring (bicyclic) bond motifs is 5. The number of carbonyl (C=O) groups is 2. The smallest absolute Gasteiger partial charge is 0.154 e. The van der Waals surface area contributed by atoms with E-state index in [0.717, 1.165) is 16.7 Å². The van der Waals surface area contributed by atoms with Crippen LogP contribution in [-0.4, -0.2) is 98.0 Å². The largest absolute Gasteiger partial charge is 0.491 e. The third-order valence-corrected chi connectivity index (χ3v) is 11.6. The average Bonchev–Trinajstić information content (AvgIpc) is 3.80. The minimum absolute atomic E-state index is 0.00221. The molecule has 8 atom stereocenters. The van der Waals surface area contributed by atoms with Gasteiger partial charge in [0.1, 0.15) is 79.3 Å². The second kappa shape index (κ2) is 16.7. The van der Waals surface area contributed by atoms with Gasteiger partial charge in [-0.25, -0.2) is 0 Å². The van der Waals surface area contributed by atoms with Crippen LogP contribution in [0.1, 0.15) is 42.0 Å². The molecule has 3 heterocycles. The number of Topliss-reactive ketones (excluding diaryl/α,β-unsaturated/α-hetero) is 2. The van der Waals surface area contributed by atoms with Crippen molar-refractivity contribution in [2.75, 3.05) is 46.2 Å². The van der Waals surface area contributed by atoms with E-state index in [-0.39, 0.29) is 56.1 Å². The van der Waals surface area contributed by atoms with E-state index in [1.165, 1.54) is 0 Å². The number of ketones is 2. The molecule has 11 nitrogen and oxygen atoms in total. The van der Waals surface area contributed by atoms with Crippen LogP contribution in [0.25, 0.3) is 0 Å². The van der Waals surface area contributed by atoms with Gasteiger partial charge in [0.05, 0.1) is 37.8 Å². The van der Waals surface area contributed by atoms with Gasteiger partial charge in [0, 0.05) is 5.41 Å². The zero-order chi connectivity index (χ0) is 40.4. The number of benzene rings is 4. The maximum Gasteiger partial charge on any atom is 0.154 e. The van der Waals surface area contributed by atoms with Crippen molar-refractivity contribution in [1.29, 1.82) is 0 Å². The van der Waals surface area contributed by atoms with Crippen LogP contribution in [0.15, 0.2) is 109 Å². The van der Waals surface area contributed by atoms with Crippen molar-refractivity contribution >= 4 is 11.6 Å². The van der Waals surface area contributed by atoms with Crippen LogP contribution >= 0.6 is 0 Å². The molecule has 0 amide bonds. The minimum atomic E-state index is -1.05. The maximum atomic E-state index is 13.8. The van der Waals surface area contributed by atoms with Crippen LogP contribution in [-0.2, 0) is 29.2 Å². The zero-order valence-corrected chi connectivity index (χ0v) is 33.0. The molecule has 8 rings (SSSR count). The lowest BCUT2D eigenvalue weighted by atomic mass is 9.77. The first-order chi connectivity index (χ1) is 28.0. The summed E-state index contributed by atoms with van der Waals surface area (Å²) in [6, 6.07) is 30.4. The Morgan fingerprint density at radius 1 is 0.707 bits per heavy atom. The van der Waals surface area contributed by atoms with Gasteiger partial charge in [0.25, 0.3) is 0 Å². The van der Waals surface area contributed by atoms with E-state index in [0.29, 0.717) is 41.8 Å². The number of aryl methyl sites for hydroxylation is 1. The molecule has 0 spiro atoms. The highest BCUT2D eigenvalue weighted by Gasteiger charge is 2.68. The lowest BCUT2D eigenvalue weighted by Crippen LogP contribution is -2.43. The third-order valence-electron chi connectivity index (χ3n) is 11.6. The van der Waals surface area contributed by atoms with Gasteiger partial charge < -0.3 is 43.4 Å². The number of aliphatic hydroxyl groups is 2. The SMILES string of the molecule is Cc1ccc(OCC(O)COc2ccc(C(C)(C)c3ccc(OCC(O)COCC45C=CC(O4)C4C(=O)C(c6ccc(OCC7CO7)cc6)C(=O)C45)cc3)cc2)cc1. The molecule has 58 heavy (non-hydrogen) atoms. The Labute approximate surface area is 338 Å². The highest BCUT2D eigenvalue weighted by atomic mass is 16.6. The molecule has 304 valence electrons. The number of aliphatic hydroxyl groups excluding tert-OH is 2. The maximum absolute atomic E-state index is 13.8. The number of rotatable bonds is 19. The molecular formula is C47H50O11. The average molecular weight is 791 g/mol. The molecular weight excluding hydrogens is 741 g/mol. The Hall–Kier alpha value is -5.04. The first-order valence-corrected chi connectivity index (χ1v) is 19.9. The predicted molar refractivity (Wildman–Crippen MR) is 214 cm³/mol. The molecule has 0 radical (unpaired) electrons. The first kappa shape index (κ1) is 39.8. The van der Waals surface area contributed by atoms with Crippen LogP contribution in [0, 0.1) is 18.8 Å². The summed E-state index contributed by atoms with van der Waals surface area (Å²) in [5.74, 6) is 0.247. The second-order valence-electron chi connectivity index (χ2n) is 16.2. The van der Waals surface area contributed by atoms with Crippen molar-refractivity contribution in [2.45, 2.75) is 62.1 Å². The Morgan fingerprint density at radius 2 is 1.21 bits per heavy atom. The molecule has 11 heteroatoms. The van der Waals surface area contributed by atoms with Crippen LogP contribution in [0.4, 0.5) is 0 Å². The van der Waals surface area contributed by atoms with Crippen molar-refractivity contribution < 1.29 is 53.0 Å². The van der Waals surface area contributed by atoms with Gasteiger partial charge in [-0.05, 0) is 72.1 Å². The van der Waals surface area contributed by atoms with Gasteiger partial charge in [0.15, 0.2) is 11.6 Å². The minimum Gasteiger partial charge on any atom is -0.491 e. The topological polar surface area (TPSA) is 143 Å². The van der Waals surface area contributed by atoms with Gasteiger partial charge in [-0.2, -0.15) is 0 Å². The van der Waals surface area contributed by atoms with Gasteiger partial charge in [-0.15, -0.1) is 0 Å². The van der Waals surface area contributed by atoms with Gasteiger partial charge in [-0.1, -0.05) is 80.1 Å². The number of hydrogen-bond donors (Lipinski definition) is 2. The monoisotopic (exact) mass is 790 g/mol. The van der Waals surface area contributed by atoms with Crippen LogP contribution in [0.2, 0.25) is 0 Å². The van der Waals surface area contributed by atoms with Crippen LogP contribution in [0.5, 0.6) is 23.0 Å². The molecule has 4 aliphatic rings. The molecule has 3 aliphatic heterocycles. The summed E-state index contributed by atoms with van der Waals surface area (Å²) < 4.78 is 40.4. The second-order valence-corrected chi connectivity index (χ2v) is 16.2. The fraction of sp³-hybridized carbons (Fsp3) is 0.404. The summed E-state index contributed by atoms with van der Waals surface area (Å²) in [6.45, 7) is 7.70. The predicted octanol–water partition coefficient (Wildman–Crippen LogP) is 5.55. The molecule has 2 saturated heterocycles. The van der Waals surface area contributed by atoms with E-state index in [9.17, 15) is 19.8 Å².